The molecule has 2 N–H and O–H groups in total. The molecule has 0 spiro atoms. The molecule has 4 rings (SSSR count). The number of para-hydroxylation sites is 1. The number of nitrogens with one attached hydrogen (secondary N) is 2. The summed E-state index contributed by atoms with van der Waals surface area (Å²) in [5.74, 6) is -0.257. The predicted molar refractivity (Wildman–Crippen MR) is 105 cm³/mol. The van der Waals surface area contributed by atoms with Crippen LogP contribution in [0, 0.1) is 5.82 Å². The van der Waals surface area contributed by atoms with E-state index in [9.17, 15) is 14.0 Å². The molecule has 0 atom stereocenters. The van der Waals surface area contributed by atoms with Crippen LogP contribution in [0.1, 0.15) is 31.7 Å². The number of fused-ring (bicyclic) bond motifs is 1. The molecule has 1 amide bonds. The second kappa shape index (κ2) is 7.07. The van der Waals surface area contributed by atoms with Crippen LogP contribution in [-0.2, 0) is 16.8 Å². The second-order valence-corrected chi connectivity index (χ2v) is 7.02. The summed E-state index contributed by atoms with van der Waals surface area (Å²) in [7, 11) is 0. The van der Waals surface area contributed by atoms with Crippen LogP contribution in [0.2, 0.25) is 0 Å². The number of hydrogen-bond acceptors (Lipinski definition) is 4. The number of rotatable bonds is 5. The summed E-state index contributed by atoms with van der Waals surface area (Å²) in [5.41, 5.74) is 6.05. The highest BCUT2D eigenvalue weighted by atomic mass is 19.1. The molecule has 1 saturated carbocycles. The van der Waals surface area contributed by atoms with Crippen molar-refractivity contribution in [3.05, 3.63) is 70.3 Å². The quantitative estimate of drug-likeness (QED) is 0.667. The number of benzene rings is 2. The Morgan fingerprint density at radius 1 is 1.18 bits per heavy atom. The molecule has 0 saturated heterocycles. The van der Waals surface area contributed by atoms with Gasteiger partial charge in [-0.25, -0.2) is 9.37 Å². The summed E-state index contributed by atoms with van der Waals surface area (Å²) in [5, 5.41) is 0.531. The number of nitrogens with zero attached hydrogens (tertiary/aromatic N) is 2. The number of hydrazine groups is 1. The monoisotopic (exact) mass is 380 g/mol. The number of amides is 1. The van der Waals surface area contributed by atoms with Gasteiger partial charge in [-0.05, 0) is 49.6 Å². The van der Waals surface area contributed by atoms with Gasteiger partial charge in [-0.15, -0.1) is 0 Å². The highest BCUT2D eigenvalue weighted by molar-refractivity contribution is 5.90. The van der Waals surface area contributed by atoms with Crippen molar-refractivity contribution in [2.24, 2.45) is 0 Å². The molecule has 1 aliphatic rings. The summed E-state index contributed by atoms with van der Waals surface area (Å²) in [6.45, 7) is 2.26. The molecule has 1 fully saturated rings. The first-order valence-corrected chi connectivity index (χ1v) is 9.37. The van der Waals surface area contributed by atoms with Crippen LogP contribution < -0.4 is 16.4 Å². The second-order valence-electron chi connectivity index (χ2n) is 7.02. The van der Waals surface area contributed by atoms with Crippen LogP contribution in [0.5, 0.6) is 0 Å². The molecule has 1 heterocycles. The smallest absolute Gasteiger partial charge is 0.262 e. The summed E-state index contributed by atoms with van der Waals surface area (Å²) in [4.78, 5) is 30.1. The van der Waals surface area contributed by atoms with E-state index < -0.39 is 5.41 Å². The topological polar surface area (TPSA) is 76.0 Å². The summed E-state index contributed by atoms with van der Waals surface area (Å²) < 4.78 is 14.7. The van der Waals surface area contributed by atoms with Crippen LogP contribution >= 0.6 is 0 Å². The zero-order valence-electron chi connectivity index (χ0n) is 15.5. The van der Waals surface area contributed by atoms with E-state index in [-0.39, 0.29) is 23.2 Å². The van der Waals surface area contributed by atoms with Gasteiger partial charge in [-0.1, -0.05) is 30.7 Å². The molecule has 1 aromatic heterocycles. The van der Waals surface area contributed by atoms with Gasteiger partial charge in [0.05, 0.1) is 16.3 Å². The molecular weight excluding hydrogens is 359 g/mol. The number of carbonyl (C=O) groups excluding carboxylic acids is 1. The average Bonchev–Trinajstić information content (AvgIpc) is 2.67. The van der Waals surface area contributed by atoms with Crippen LogP contribution in [-0.4, -0.2) is 15.5 Å². The Kier molecular flexibility index (Phi) is 4.58. The number of aromatic nitrogens is 2. The third-order valence-electron chi connectivity index (χ3n) is 5.50. The molecule has 144 valence electrons. The number of anilines is 1. The van der Waals surface area contributed by atoms with E-state index in [0.717, 1.165) is 12.0 Å². The van der Waals surface area contributed by atoms with E-state index in [1.165, 1.54) is 16.7 Å². The molecular formula is C21H21FN4O2. The van der Waals surface area contributed by atoms with Gasteiger partial charge in [0, 0.05) is 6.54 Å². The Bertz CT molecular complexity index is 1090. The van der Waals surface area contributed by atoms with Crippen molar-refractivity contribution in [2.75, 3.05) is 5.43 Å². The Balaban J connectivity index is 1.61. The molecule has 6 nitrogen and oxygen atoms in total. The minimum atomic E-state index is -0.686. The number of halogens is 1. The molecule has 3 aromatic rings. The molecule has 2 aromatic carbocycles. The van der Waals surface area contributed by atoms with Gasteiger partial charge < -0.3 is 0 Å². The molecule has 0 radical (unpaired) electrons. The molecule has 7 heteroatoms. The lowest BCUT2D eigenvalue weighted by molar-refractivity contribution is -0.129. The molecule has 1 aliphatic carbocycles. The minimum Gasteiger partial charge on any atom is -0.277 e. The maximum Gasteiger partial charge on any atom is 0.262 e. The van der Waals surface area contributed by atoms with Crippen LogP contribution in [0.3, 0.4) is 0 Å². The van der Waals surface area contributed by atoms with Crippen molar-refractivity contribution in [3.63, 3.8) is 0 Å². The van der Waals surface area contributed by atoms with Gasteiger partial charge >= 0.3 is 0 Å². The van der Waals surface area contributed by atoms with Crippen molar-refractivity contribution >= 4 is 22.8 Å². The van der Waals surface area contributed by atoms with E-state index in [4.69, 9.17) is 0 Å². The maximum atomic E-state index is 13.3. The lowest BCUT2D eigenvalue weighted by Crippen LogP contribution is -2.51. The van der Waals surface area contributed by atoms with E-state index in [1.54, 1.807) is 30.3 Å². The molecule has 0 unspecified atom stereocenters. The third-order valence-corrected chi connectivity index (χ3v) is 5.50. The van der Waals surface area contributed by atoms with Gasteiger partial charge in [-0.2, -0.15) is 0 Å². The van der Waals surface area contributed by atoms with Crippen molar-refractivity contribution in [1.82, 2.24) is 15.0 Å². The summed E-state index contributed by atoms with van der Waals surface area (Å²) in [6.07, 6.45) is 2.31. The first-order valence-electron chi connectivity index (χ1n) is 9.37. The van der Waals surface area contributed by atoms with Crippen LogP contribution in [0.25, 0.3) is 10.9 Å². The Morgan fingerprint density at radius 2 is 1.89 bits per heavy atom. The average molecular weight is 380 g/mol. The van der Waals surface area contributed by atoms with E-state index >= 15 is 0 Å². The fraction of sp³-hybridized carbons (Fsp3) is 0.286. The summed E-state index contributed by atoms with van der Waals surface area (Å²) >= 11 is 0. The SMILES string of the molecule is CCn1c(NNC(=O)C2(c3ccc(F)cc3)CCC2)nc2ccccc2c1=O. The van der Waals surface area contributed by atoms with Crippen molar-refractivity contribution in [1.29, 1.82) is 0 Å². The van der Waals surface area contributed by atoms with Gasteiger partial charge in [0.25, 0.3) is 5.56 Å². The fourth-order valence-corrected chi connectivity index (χ4v) is 3.74. The van der Waals surface area contributed by atoms with Crippen molar-refractivity contribution in [3.8, 4) is 0 Å². The van der Waals surface area contributed by atoms with Gasteiger partial charge in [-0.3, -0.25) is 25.0 Å². The largest absolute Gasteiger partial charge is 0.277 e. The Morgan fingerprint density at radius 3 is 2.54 bits per heavy atom. The lowest BCUT2D eigenvalue weighted by atomic mass is 9.64. The van der Waals surface area contributed by atoms with Crippen LogP contribution in [0.15, 0.2) is 53.3 Å². The standard InChI is InChI=1S/C21H21FN4O2/c1-2-26-18(27)16-6-3-4-7-17(16)23-20(26)25-24-19(28)21(12-5-13-21)14-8-10-15(22)11-9-14/h3-4,6-11H,2,5,12-13H2,1H3,(H,23,25)(H,24,28). The number of carbonyl (C=O) groups is 1. The minimum absolute atomic E-state index is 0.165. The van der Waals surface area contributed by atoms with Crippen LogP contribution in [0.4, 0.5) is 10.3 Å². The van der Waals surface area contributed by atoms with E-state index in [2.05, 4.69) is 15.8 Å². The van der Waals surface area contributed by atoms with Gasteiger partial charge in [0.15, 0.2) is 0 Å². The Labute approximate surface area is 161 Å². The normalized spacial score (nSPS) is 15.1. The van der Waals surface area contributed by atoms with Crippen molar-refractivity contribution < 1.29 is 9.18 Å². The first-order chi connectivity index (χ1) is 13.5. The molecule has 0 aliphatic heterocycles. The highest BCUT2D eigenvalue weighted by Gasteiger charge is 2.45. The third kappa shape index (κ3) is 2.93. The van der Waals surface area contributed by atoms with Gasteiger partial charge in [0.2, 0.25) is 11.9 Å². The zero-order chi connectivity index (χ0) is 19.7. The Hall–Kier alpha value is -3.22. The maximum absolute atomic E-state index is 13.3. The highest BCUT2D eigenvalue weighted by Crippen LogP contribution is 2.43. The fourth-order valence-electron chi connectivity index (χ4n) is 3.74. The summed E-state index contributed by atoms with van der Waals surface area (Å²) in [6, 6.07) is 13.2. The van der Waals surface area contributed by atoms with E-state index in [0.29, 0.717) is 30.3 Å². The molecule has 0 bridgehead atoms. The van der Waals surface area contributed by atoms with E-state index in [1.807, 2.05) is 13.0 Å². The first kappa shape index (κ1) is 18.2. The van der Waals surface area contributed by atoms with Gasteiger partial charge in [0.1, 0.15) is 5.82 Å². The molecule has 28 heavy (non-hydrogen) atoms. The number of hydrogen-bond donors (Lipinski definition) is 2. The zero-order valence-corrected chi connectivity index (χ0v) is 15.5. The predicted octanol–water partition coefficient (Wildman–Crippen LogP) is 3.12. The van der Waals surface area contributed by atoms with Crippen molar-refractivity contribution in [2.45, 2.75) is 38.1 Å². The lowest BCUT2D eigenvalue weighted by Gasteiger charge is -2.40.